The minimum Gasteiger partial charge on any atom is -0.317 e. The van der Waals surface area contributed by atoms with Crippen LogP contribution < -0.4 is 5.32 Å². The minimum absolute atomic E-state index is 0.648. The van der Waals surface area contributed by atoms with E-state index in [1.807, 2.05) is 11.3 Å². The molecule has 1 rings (SSSR count). The van der Waals surface area contributed by atoms with Gasteiger partial charge >= 0.3 is 0 Å². The van der Waals surface area contributed by atoms with E-state index >= 15 is 0 Å². The van der Waals surface area contributed by atoms with Crippen LogP contribution in [0.4, 0.5) is 0 Å². The first kappa shape index (κ1) is 11.7. The fourth-order valence-corrected chi connectivity index (χ4v) is 2.50. The molecule has 0 spiro atoms. The Morgan fingerprint density at radius 1 is 1.43 bits per heavy atom. The predicted molar refractivity (Wildman–Crippen MR) is 65.1 cm³/mol. The van der Waals surface area contributed by atoms with E-state index < -0.39 is 0 Å². The first-order valence-corrected chi connectivity index (χ1v) is 6.22. The summed E-state index contributed by atoms with van der Waals surface area (Å²) in [7, 11) is 2.06. The zero-order valence-corrected chi connectivity index (χ0v) is 10.4. The molecule has 1 aromatic rings. The first-order valence-electron chi connectivity index (χ1n) is 5.34. The quantitative estimate of drug-likeness (QED) is 0.788. The van der Waals surface area contributed by atoms with Crippen molar-refractivity contribution in [3.05, 3.63) is 21.9 Å². The molecule has 1 N–H and O–H groups in total. The van der Waals surface area contributed by atoms with Crippen molar-refractivity contribution in [1.29, 1.82) is 0 Å². The van der Waals surface area contributed by atoms with Crippen molar-refractivity contribution in [3.63, 3.8) is 0 Å². The van der Waals surface area contributed by atoms with Gasteiger partial charge in [0.25, 0.3) is 0 Å². The molecule has 1 nitrogen and oxygen atoms in total. The van der Waals surface area contributed by atoms with Crippen LogP contribution in [0.15, 0.2) is 11.4 Å². The van der Waals surface area contributed by atoms with E-state index in [1.165, 1.54) is 23.3 Å². The first-order chi connectivity index (χ1) is 6.63. The van der Waals surface area contributed by atoms with Gasteiger partial charge in [-0.15, -0.1) is 11.3 Å². The third-order valence-corrected chi connectivity index (χ3v) is 3.61. The molecule has 0 aliphatic heterocycles. The van der Waals surface area contributed by atoms with Crippen molar-refractivity contribution in [2.45, 2.75) is 39.7 Å². The Balaban J connectivity index is 2.39. The number of hydrogen-bond donors (Lipinski definition) is 1. The van der Waals surface area contributed by atoms with Crippen LogP contribution in [0.5, 0.6) is 0 Å². The highest BCUT2D eigenvalue weighted by atomic mass is 32.1. The molecule has 0 fully saturated rings. The maximum atomic E-state index is 3.38. The van der Waals surface area contributed by atoms with Crippen molar-refractivity contribution < 1.29 is 0 Å². The summed E-state index contributed by atoms with van der Waals surface area (Å²) in [6.45, 7) is 6.73. The summed E-state index contributed by atoms with van der Waals surface area (Å²) in [5, 5.41) is 5.66. The number of rotatable bonds is 5. The monoisotopic (exact) mass is 211 g/mol. The average Bonchev–Trinajstić information content (AvgIpc) is 2.52. The van der Waals surface area contributed by atoms with E-state index in [0.29, 0.717) is 6.04 Å². The maximum absolute atomic E-state index is 3.38. The molecular formula is C12H21NS. The standard InChI is InChI=1S/C12H21NS/c1-9(2)12(13-4)6-5-11-7-10(3)14-8-11/h7-9,12-13H,5-6H2,1-4H3. The van der Waals surface area contributed by atoms with Gasteiger partial charge in [0.15, 0.2) is 0 Å². The van der Waals surface area contributed by atoms with Crippen molar-refractivity contribution in [3.8, 4) is 0 Å². The lowest BCUT2D eigenvalue weighted by molar-refractivity contribution is 0.403. The molecule has 0 amide bonds. The van der Waals surface area contributed by atoms with Crippen LogP contribution in [0.3, 0.4) is 0 Å². The van der Waals surface area contributed by atoms with E-state index in [1.54, 1.807) is 0 Å². The van der Waals surface area contributed by atoms with Gasteiger partial charge in [0.05, 0.1) is 0 Å². The summed E-state index contributed by atoms with van der Waals surface area (Å²) in [4.78, 5) is 1.42. The zero-order chi connectivity index (χ0) is 10.6. The van der Waals surface area contributed by atoms with Gasteiger partial charge < -0.3 is 5.32 Å². The van der Waals surface area contributed by atoms with Crippen LogP contribution in [-0.4, -0.2) is 13.1 Å². The summed E-state index contributed by atoms with van der Waals surface area (Å²) in [5.74, 6) is 0.722. The lowest BCUT2D eigenvalue weighted by Gasteiger charge is -2.19. The second-order valence-corrected chi connectivity index (χ2v) is 5.36. The van der Waals surface area contributed by atoms with Crippen LogP contribution >= 0.6 is 11.3 Å². The molecule has 1 unspecified atom stereocenters. The number of thiophene rings is 1. The van der Waals surface area contributed by atoms with E-state index in [4.69, 9.17) is 0 Å². The highest BCUT2D eigenvalue weighted by Crippen LogP contribution is 2.16. The van der Waals surface area contributed by atoms with Gasteiger partial charge in [-0.1, -0.05) is 13.8 Å². The Hall–Kier alpha value is -0.340. The van der Waals surface area contributed by atoms with E-state index in [-0.39, 0.29) is 0 Å². The summed E-state index contributed by atoms with van der Waals surface area (Å²) in [5.41, 5.74) is 1.49. The number of hydrogen-bond acceptors (Lipinski definition) is 2. The molecule has 0 aromatic carbocycles. The normalized spacial score (nSPS) is 13.5. The number of nitrogens with one attached hydrogen (secondary N) is 1. The van der Waals surface area contributed by atoms with Crippen molar-refractivity contribution >= 4 is 11.3 Å². The molecule has 0 saturated carbocycles. The average molecular weight is 211 g/mol. The predicted octanol–water partition coefficient (Wildman–Crippen LogP) is 3.23. The van der Waals surface area contributed by atoms with Crippen LogP contribution in [-0.2, 0) is 6.42 Å². The van der Waals surface area contributed by atoms with Crippen molar-refractivity contribution in [1.82, 2.24) is 5.32 Å². The van der Waals surface area contributed by atoms with Crippen LogP contribution in [0.25, 0.3) is 0 Å². The second kappa shape index (κ2) is 5.52. The Kier molecular flexibility index (Phi) is 4.63. The van der Waals surface area contributed by atoms with E-state index in [0.717, 1.165) is 5.92 Å². The molecule has 1 heterocycles. The third-order valence-electron chi connectivity index (χ3n) is 2.70. The Morgan fingerprint density at radius 2 is 2.14 bits per heavy atom. The third kappa shape index (κ3) is 3.43. The molecule has 0 aliphatic carbocycles. The SMILES string of the molecule is CNC(CCc1csc(C)c1)C(C)C. The zero-order valence-electron chi connectivity index (χ0n) is 9.63. The minimum atomic E-state index is 0.648. The summed E-state index contributed by atoms with van der Waals surface area (Å²) in [6.07, 6.45) is 2.44. The van der Waals surface area contributed by atoms with Gasteiger partial charge in [0, 0.05) is 10.9 Å². The van der Waals surface area contributed by atoms with Crippen LogP contribution in [0.1, 0.15) is 30.7 Å². The summed E-state index contributed by atoms with van der Waals surface area (Å²) >= 11 is 1.85. The highest BCUT2D eigenvalue weighted by molar-refractivity contribution is 7.10. The Bertz CT molecular complexity index is 265. The van der Waals surface area contributed by atoms with Gasteiger partial charge in [-0.3, -0.25) is 0 Å². The van der Waals surface area contributed by atoms with Crippen LogP contribution in [0, 0.1) is 12.8 Å². The van der Waals surface area contributed by atoms with Gasteiger partial charge in [-0.05, 0) is 49.7 Å². The lowest BCUT2D eigenvalue weighted by atomic mass is 9.98. The molecule has 1 atom stereocenters. The van der Waals surface area contributed by atoms with Gasteiger partial charge in [0.2, 0.25) is 0 Å². The van der Waals surface area contributed by atoms with Gasteiger partial charge in [0.1, 0.15) is 0 Å². The highest BCUT2D eigenvalue weighted by Gasteiger charge is 2.10. The maximum Gasteiger partial charge on any atom is 0.00902 e. The Labute approximate surface area is 91.5 Å². The fourth-order valence-electron chi connectivity index (χ4n) is 1.76. The molecule has 0 saturated heterocycles. The van der Waals surface area contributed by atoms with E-state index in [9.17, 15) is 0 Å². The second-order valence-electron chi connectivity index (χ2n) is 4.24. The Morgan fingerprint density at radius 3 is 2.57 bits per heavy atom. The molecule has 14 heavy (non-hydrogen) atoms. The lowest BCUT2D eigenvalue weighted by Crippen LogP contribution is -2.30. The van der Waals surface area contributed by atoms with Crippen LogP contribution in [0.2, 0.25) is 0 Å². The molecule has 0 bridgehead atoms. The molecular weight excluding hydrogens is 190 g/mol. The molecule has 80 valence electrons. The van der Waals surface area contributed by atoms with Crippen molar-refractivity contribution in [2.24, 2.45) is 5.92 Å². The molecule has 0 aliphatic rings. The smallest absolute Gasteiger partial charge is 0.00902 e. The van der Waals surface area contributed by atoms with Crippen molar-refractivity contribution in [2.75, 3.05) is 7.05 Å². The largest absolute Gasteiger partial charge is 0.317 e. The molecule has 0 radical (unpaired) electrons. The summed E-state index contributed by atoms with van der Waals surface area (Å²) in [6, 6.07) is 2.95. The molecule has 2 heteroatoms. The molecule has 1 aromatic heterocycles. The fraction of sp³-hybridized carbons (Fsp3) is 0.667. The van der Waals surface area contributed by atoms with Gasteiger partial charge in [-0.2, -0.15) is 0 Å². The summed E-state index contributed by atoms with van der Waals surface area (Å²) < 4.78 is 0. The van der Waals surface area contributed by atoms with E-state index in [2.05, 4.69) is 44.6 Å². The van der Waals surface area contributed by atoms with Gasteiger partial charge in [-0.25, -0.2) is 0 Å². The number of aryl methyl sites for hydroxylation is 2. The topological polar surface area (TPSA) is 12.0 Å².